The molecular formula is C28H31N3O4. The lowest BCUT2D eigenvalue weighted by Gasteiger charge is -2.25. The van der Waals surface area contributed by atoms with Gasteiger partial charge in [0.25, 0.3) is 0 Å². The minimum Gasteiger partial charge on any atom is -0.458 e. The van der Waals surface area contributed by atoms with E-state index in [1.165, 1.54) is 0 Å². The Bertz CT molecular complexity index is 1170. The van der Waals surface area contributed by atoms with Crippen molar-refractivity contribution in [3.63, 3.8) is 0 Å². The summed E-state index contributed by atoms with van der Waals surface area (Å²) in [7, 11) is 1.77. The van der Waals surface area contributed by atoms with E-state index in [2.05, 4.69) is 39.9 Å². The second kappa shape index (κ2) is 10.2. The molecule has 1 atom stereocenters. The lowest BCUT2D eigenvalue weighted by Crippen LogP contribution is -2.46. The monoisotopic (exact) mass is 473 g/mol. The third-order valence-electron chi connectivity index (χ3n) is 5.85. The predicted molar refractivity (Wildman–Crippen MR) is 135 cm³/mol. The van der Waals surface area contributed by atoms with Crippen LogP contribution in [0.4, 0.5) is 10.6 Å². The Morgan fingerprint density at radius 1 is 1.00 bits per heavy atom. The van der Waals surface area contributed by atoms with E-state index in [1.807, 2.05) is 30.3 Å². The molecule has 1 aliphatic rings. The Balaban J connectivity index is 1.47. The van der Waals surface area contributed by atoms with Gasteiger partial charge in [0.2, 0.25) is 0 Å². The average Bonchev–Trinajstić information content (AvgIpc) is 3.15. The number of hydrogen-bond donors (Lipinski definition) is 2. The van der Waals surface area contributed by atoms with Crippen molar-refractivity contribution in [2.24, 2.45) is 0 Å². The lowest BCUT2D eigenvalue weighted by atomic mass is 9.98. The predicted octanol–water partition coefficient (Wildman–Crippen LogP) is 4.91. The number of aromatic nitrogens is 1. The van der Waals surface area contributed by atoms with Gasteiger partial charge in [-0.2, -0.15) is 0 Å². The molecule has 0 bridgehead atoms. The first-order valence-electron chi connectivity index (χ1n) is 11.7. The van der Waals surface area contributed by atoms with Crippen LogP contribution in [-0.4, -0.2) is 42.3 Å². The third kappa shape index (κ3) is 5.80. The Morgan fingerprint density at radius 3 is 2.23 bits per heavy atom. The number of pyridine rings is 1. The van der Waals surface area contributed by atoms with Crippen LogP contribution in [0.15, 0.2) is 66.9 Å². The molecule has 3 aromatic rings. The maximum absolute atomic E-state index is 12.9. The summed E-state index contributed by atoms with van der Waals surface area (Å²) in [6, 6.07) is 19.0. The molecule has 1 aliphatic carbocycles. The number of nitrogens with zero attached hydrogens (tertiary/aromatic N) is 1. The zero-order valence-electron chi connectivity index (χ0n) is 20.5. The van der Waals surface area contributed by atoms with E-state index < -0.39 is 23.7 Å². The molecule has 0 radical (unpaired) electrons. The van der Waals surface area contributed by atoms with Crippen molar-refractivity contribution in [3.8, 4) is 11.1 Å². The summed E-state index contributed by atoms with van der Waals surface area (Å²) in [5.41, 5.74) is 4.71. The van der Waals surface area contributed by atoms with Gasteiger partial charge in [-0.15, -0.1) is 0 Å². The van der Waals surface area contributed by atoms with Crippen molar-refractivity contribution >= 4 is 17.9 Å². The number of nitrogens with one attached hydrogen (secondary N) is 2. The molecule has 1 heterocycles. The van der Waals surface area contributed by atoms with E-state index in [1.54, 1.807) is 40.1 Å². The fraction of sp³-hybridized carbons (Fsp3) is 0.321. The molecule has 0 spiro atoms. The van der Waals surface area contributed by atoms with E-state index in [0.29, 0.717) is 5.82 Å². The van der Waals surface area contributed by atoms with E-state index in [9.17, 15) is 9.59 Å². The largest absolute Gasteiger partial charge is 0.458 e. The van der Waals surface area contributed by atoms with Crippen LogP contribution in [0.5, 0.6) is 0 Å². The SMILES string of the molecule is CNc1cc(CC(NC(=O)OCC2c3ccccc3-c3ccccc32)C(=O)OC(C)(C)C)ccn1. The number of fused-ring (bicyclic) bond motifs is 3. The summed E-state index contributed by atoms with van der Waals surface area (Å²) in [4.78, 5) is 30.0. The first kappa shape index (κ1) is 24.3. The van der Waals surface area contributed by atoms with Gasteiger partial charge in [0.15, 0.2) is 0 Å². The molecule has 7 nitrogen and oxygen atoms in total. The summed E-state index contributed by atoms with van der Waals surface area (Å²) in [5, 5.41) is 5.70. The number of carbonyl (C=O) groups is 2. The molecule has 1 amide bonds. The van der Waals surface area contributed by atoms with Gasteiger partial charge < -0.3 is 20.1 Å². The number of rotatable bonds is 7. The quantitative estimate of drug-likeness (QED) is 0.474. The molecule has 1 aromatic heterocycles. The second-order valence-corrected chi connectivity index (χ2v) is 9.56. The highest BCUT2D eigenvalue weighted by molar-refractivity contribution is 5.82. The fourth-order valence-electron chi connectivity index (χ4n) is 4.32. The Kier molecular flexibility index (Phi) is 7.05. The van der Waals surface area contributed by atoms with Crippen molar-refractivity contribution < 1.29 is 19.1 Å². The minimum absolute atomic E-state index is 0.0634. The molecule has 0 saturated carbocycles. The molecule has 7 heteroatoms. The van der Waals surface area contributed by atoms with E-state index in [4.69, 9.17) is 9.47 Å². The Hall–Kier alpha value is -3.87. The van der Waals surface area contributed by atoms with Gasteiger partial charge in [0.05, 0.1) is 0 Å². The van der Waals surface area contributed by atoms with E-state index in [0.717, 1.165) is 27.8 Å². The van der Waals surface area contributed by atoms with Gasteiger partial charge in [-0.25, -0.2) is 14.6 Å². The maximum Gasteiger partial charge on any atom is 0.407 e. The smallest absolute Gasteiger partial charge is 0.407 e. The third-order valence-corrected chi connectivity index (χ3v) is 5.85. The van der Waals surface area contributed by atoms with Crippen LogP contribution in [0.25, 0.3) is 11.1 Å². The Morgan fingerprint density at radius 2 is 1.63 bits per heavy atom. The highest BCUT2D eigenvalue weighted by Gasteiger charge is 2.31. The first-order valence-corrected chi connectivity index (χ1v) is 11.7. The van der Waals surface area contributed by atoms with E-state index in [-0.39, 0.29) is 18.9 Å². The summed E-state index contributed by atoms with van der Waals surface area (Å²) < 4.78 is 11.2. The summed E-state index contributed by atoms with van der Waals surface area (Å²) in [6.07, 6.45) is 1.24. The topological polar surface area (TPSA) is 89.6 Å². The molecule has 35 heavy (non-hydrogen) atoms. The van der Waals surface area contributed by atoms with Crippen LogP contribution in [-0.2, 0) is 20.7 Å². The number of carbonyl (C=O) groups excluding carboxylic acids is 2. The number of hydrogen-bond acceptors (Lipinski definition) is 6. The minimum atomic E-state index is -0.906. The molecule has 0 fully saturated rings. The van der Waals surface area contributed by atoms with Crippen molar-refractivity contribution in [1.29, 1.82) is 0 Å². The molecule has 2 N–H and O–H groups in total. The molecule has 182 valence electrons. The van der Waals surface area contributed by atoms with Gasteiger partial charge in [-0.1, -0.05) is 48.5 Å². The number of ether oxygens (including phenoxy) is 2. The molecule has 0 saturated heterocycles. The number of alkyl carbamates (subject to hydrolysis) is 1. The van der Waals surface area contributed by atoms with Crippen molar-refractivity contribution in [2.75, 3.05) is 19.0 Å². The van der Waals surface area contributed by atoms with Crippen molar-refractivity contribution in [3.05, 3.63) is 83.6 Å². The molecule has 0 aliphatic heterocycles. The van der Waals surface area contributed by atoms with E-state index >= 15 is 0 Å². The number of amides is 1. The van der Waals surface area contributed by atoms with Crippen molar-refractivity contribution in [1.82, 2.24) is 10.3 Å². The molecule has 2 aromatic carbocycles. The molecular weight excluding hydrogens is 442 g/mol. The fourth-order valence-corrected chi connectivity index (χ4v) is 4.32. The maximum atomic E-state index is 12.9. The summed E-state index contributed by atoms with van der Waals surface area (Å²) >= 11 is 0. The molecule has 4 rings (SSSR count). The zero-order valence-corrected chi connectivity index (χ0v) is 20.5. The normalized spacial score (nSPS) is 13.4. The second-order valence-electron chi connectivity index (χ2n) is 9.56. The van der Waals surface area contributed by atoms with Crippen LogP contribution in [0, 0.1) is 0 Å². The van der Waals surface area contributed by atoms with Crippen LogP contribution >= 0.6 is 0 Å². The van der Waals surface area contributed by atoms with Crippen LogP contribution in [0.1, 0.15) is 43.4 Å². The van der Waals surface area contributed by atoms with Gasteiger partial charge in [-0.3, -0.25) is 0 Å². The number of esters is 1. The first-order chi connectivity index (χ1) is 16.7. The van der Waals surface area contributed by atoms with Gasteiger partial charge in [0.1, 0.15) is 24.1 Å². The molecule has 1 unspecified atom stereocenters. The van der Waals surface area contributed by atoms with Crippen LogP contribution < -0.4 is 10.6 Å². The standard InChI is InChI=1S/C28H31N3O4/c1-28(2,3)35-26(32)24(15-18-13-14-30-25(16-18)29-4)31-27(33)34-17-23-21-11-7-5-9-19(21)20-10-6-8-12-22(20)23/h5-14,16,23-24H,15,17H2,1-4H3,(H,29,30)(H,31,33). The highest BCUT2D eigenvalue weighted by Crippen LogP contribution is 2.44. The summed E-state index contributed by atoms with van der Waals surface area (Å²) in [6.45, 7) is 5.54. The van der Waals surface area contributed by atoms with Crippen LogP contribution in [0.3, 0.4) is 0 Å². The van der Waals surface area contributed by atoms with Gasteiger partial charge >= 0.3 is 12.1 Å². The van der Waals surface area contributed by atoms with Gasteiger partial charge in [-0.05, 0) is 60.7 Å². The number of benzene rings is 2. The Labute approximate surface area is 205 Å². The van der Waals surface area contributed by atoms with Crippen LogP contribution in [0.2, 0.25) is 0 Å². The van der Waals surface area contributed by atoms with Gasteiger partial charge in [0, 0.05) is 25.6 Å². The average molecular weight is 474 g/mol. The number of anilines is 1. The zero-order chi connectivity index (χ0) is 25.0. The van der Waals surface area contributed by atoms with Crippen molar-refractivity contribution in [2.45, 2.75) is 44.8 Å². The highest BCUT2D eigenvalue weighted by atomic mass is 16.6. The summed E-state index contributed by atoms with van der Waals surface area (Å²) in [5.74, 6) is 0.0897. The lowest BCUT2D eigenvalue weighted by molar-refractivity contribution is -0.157.